The van der Waals surface area contributed by atoms with Gasteiger partial charge in [-0.15, -0.1) is 11.8 Å². The third-order valence-corrected chi connectivity index (χ3v) is 6.18. The lowest BCUT2D eigenvalue weighted by molar-refractivity contribution is -0.134. The van der Waals surface area contributed by atoms with Crippen molar-refractivity contribution in [2.75, 3.05) is 17.2 Å². The smallest absolute Gasteiger partial charge is 0.227 e. The normalized spacial score (nSPS) is 15.8. The molecule has 1 fully saturated rings. The summed E-state index contributed by atoms with van der Waals surface area (Å²) < 4.78 is 13.5. The van der Waals surface area contributed by atoms with Crippen molar-refractivity contribution in [1.82, 2.24) is 4.90 Å². The van der Waals surface area contributed by atoms with Crippen LogP contribution in [0.1, 0.15) is 31.2 Å². The summed E-state index contributed by atoms with van der Waals surface area (Å²) in [5.74, 6) is 0.532. The summed E-state index contributed by atoms with van der Waals surface area (Å²) in [7, 11) is 0. The highest BCUT2D eigenvalue weighted by Crippen LogP contribution is 2.35. The Balaban J connectivity index is 1.38. The molecule has 0 bridgehead atoms. The van der Waals surface area contributed by atoms with Crippen molar-refractivity contribution in [3.05, 3.63) is 59.9 Å². The topological polar surface area (TPSA) is 40.6 Å². The molecule has 146 valence electrons. The lowest BCUT2D eigenvalue weighted by atomic mass is 10.1. The van der Waals surface area contributed by atoms with E-state index in [1.807, 2.05) is 35.2 Å². The van der Waals surface area contributed by atoms with Gasteiger partial charge in [-0.2, -0.15) is 0 Å². The fourth-order valence-electron chi connectivity index (χ4n) is 3.56. The minimum Gasteiger partial charge on any atom is -0.335 e. The summed E-state index contributed by atoms with van der Waals surface area (Å²) in [6.45, 7) is 1.07. The fourth-order valence-corrected chi connectivity index (χ4v) is 4.55. The molecular weight excluding hydrogens is 375 g/mol. The molecule has 4 nitrogen and oxygen atoms in total. The minimum absolute atomic E-state index is 0.0115. The second kappa shape index (κ2) is 8.35. The van der Waals surface area contributed by atoms with Gasteiger partial charge in [-0.1, -0.05) is 24.3 Å². The molecule has 0 spiro atoms. The summed E-state index contributed by atoms with van der Waals surface area (Å²) in [6.07, 6.45) is 2.35. The Labute approximate surface area is 168 Å². The van der Waals surface area contributed by atoms with Gasteiger partial charge in [-0.05, 0) is 42.7 Å². The molecule has 2 aromatic carbocycles. The standard InChI is InChI=1S/C22H23FN2O2S/c23-17-5-3-4-16(14-17)15-25(18-8-9-18)22(27)11-10-21(26)24-12-13-28-20-7-2-1-6-19(20)24/h1-7,14,18H,8-13,15H2. The molecule has 1 saturated carbocycles. The summed E-state index contributed by atoms with van der Waals surface area (Å²) in [6, 6.07) is 14.5. The maximum Gasteiger partial charge on any atom is 0.227 e. The molecule has 4 rings (SSSR count). The van der Waals surface area contributed by atoms with Crippen LogP contribution in [0.15, 0.2) is 53.4 Å². The molecular formula is C22H23FN2O2S. The Morgan fingerprint density at radius 3 is 2.71 bits per heavy atom. The molecule has 28 heavy (non-hydrogen) atoms. The molecule has 1 heterocycles. The molecule has 2 aromatic rings. The second-order valence-electron chi connectivity index (χ2n) is 7.24. The number of para-hydroxylation sites is 1. The molecule has 0 aromatic heterocycles. The number of anilines is 1. The largest absolute Gasteiger partial charge is 0.335 e. The van der Waals surface area contributed by atoms with E-state index in [1.165, 1.54) is 12.1 Å². The molecule has 1 aliphatic carbocycles. The van der Waals surface area contributed by atoms with Crippen molar-refractivity contribution >= 4 is 29.3 Å². The first kappa shape index (κ1) is 19.0. The number of carbonyl (C=O) groups is 2. The molecule has 1 aliphatic heterocycles. The predicted molar refractivity (Wildman–Crippen MR) is 109 cm³/mol. The van der Waals surface area contributed by atoms with Crippen LogP contribution in [0.2, 0.25) is 0 Å². The number of hydrogen-bond acceptors (Lipinski definition) is 3. The maximum absolute atomic E-state index is 13.5. The Morgan fingerprint density at radius 1 is 1.11 bits per heavy atom. The second-order valence-corrected chi connectivity index (χ2v) is 8.38. The number of hydrogen-bond donors (Lipinski definition) is 0. The summed E-state index contributed by atoms with van der Waals surface area (Å²) in [4.78, 5) is 30.3. The Kier molecular flexibility index (Phi) is 5.67. The average Bonchev–Trinajstić information content (AvgIpc) is 3.55. The SMILES string of the molecule is O=C(CCC(=O)N(Cc1cccc(F)c1)C1CC1)N1CCSc2ccccc21. The van der Waals surface area contributed by atoms with Gasteiger partial charge in [0.2, 0.25) is 11.8 Å². The van der Waals surface area contributed by atoms with Gasteiger partial charge in [0.15, 0.2) is 0 Å². The minimum atomic E-state index is -0.294. The molecule has 2 amide bonds. The molecule has 0 atom stereocenters. The van der Waals surface area contributed by atoms with E-state index in [0.29, 0.717) is 13.1 Å². The number of benzene rings is 2. The van der Waals surface area contributed by atoms with Gasteiger partial charge in [0.05, 0.1) is 5.69 Å². The van der Waals surface area contributed by atoms with Gasteiger partial charge < -0.3 is 9.80 Å². The first-order valence-corrected chi connectivity index (χ1v) is 10.7. The molecule has 0 radical (unpaired) electrons. The quantitative estimate of drug-likeness (QED) is 0.731. The van der Waals surface area contributed by atoms with E-state index in [2.05, 4.69) is 0 Å². The number of amides is 2. The van der Waals surface area contributed by atoms with E-state index >= 15 is 0 Å². The summed E-state index contributed by atoms with van der Waals surface area (Å²) in [5, 5.41) is 0. The van der Waals surface area contributed by atoms with Crippen molar-refractivity contribution < 1.29 is 14.0 Å². The Bertz CT molecular complexity index is 884. The number of rotatable bonds is 6. The van der Waals surface area contributed by atoms with Crippen molar-refractivity contribution in [1.29, 1.82) is 0 Å². The van der Waals surface area contributed by atoms with Gasteiger partial charge in [0.1, 0.15) is 5.82 Å². The fraction of sp³-hybridized carbons (Fsp3) is 0.364. The van der Waals surface area contributed by atoms with E-state index in [9.17, 15) is 14.0 Å². The van der Waals surface area contributed by atoms with E-state index < -0.39 is 0 Å². The first-order chi connectivity index (χ1) is 13.6. The third-order valence-electron chi connectivity index (χ3n) is 5.13. The van der Waals surface area contributed by atoms with Gasteiger partial charge in [-0.3, -0.25) is 9.59 Å². The van der Waals surface area contributed by atoms with Crippen molar-refractivity contribution in [2.45, 2.75) is 43.2 Å². The summed E-state index contributed by atoms with van der Waals surface area (Å²) in [5.41, 5.74) is 1.73. The number of nitrogens with zero attached hydrogens (tertiary/aromatic N) is 2. The monoisotopic (exact) mass is 398 g/mol. The van der Waals surface area contributed by atoms with Gasteiger partial charge in [0.25, 0.3) is 0 Å². The van der Waals surface area contributed by atoms with Crippen LogP contribution in [0.4, 0.5) is 10.1 Å². The Hall–Kier alpha value is -2.34. The first-order valence-electron chi connectivity index (χ1n) is 9.68. The lowest BCUT2D eigenvalue weighted by Crippen LogP contribution is -2.37. The van der Waals surface area contributed by atoms with E-state index in [-0.39, 0.29) is 36.5 Å². The van der Waals surface area contributed by atoms with Crippen LogP contribution in [-0.4, -0.2) is 35.1 Å². The highest BCUT2D eigenvalue weighted by Gasteiger charge is 2.33. The van der Waals surface area contributed by atoms with Gasteiger partial charge in [0, 0.05) is 42.6 Å². The van der Waals surface area contributed by atoms with Crippen LogP contribution in [-0.2, 0) is 16.1 Å². The zero-order chi connectivity index (χ0) is 19.5. The van der Waals surface area contributed by atoms with Crippen LogP contribution < -0.4 is 4.90 Å². The van der Waals surface area contributed by atoms with Crippen LogP contribution in [0.5, 0.6) is 0 Å². The van der Waals surface area contributed by atoms with Gasteiger partial charge >= 0.3 is 0 Å². The predicted octanol–water partition coefficient (Wildman–Crippen LogP) is 4.24. The highest BCUT2D eigenvalue weighted by molar-refractivity contribution is 7.99. The number of thioether (sulfide) groups is 1. The third kappa shape index (κ3) is 4.38. The van der Waals surface area contributed by atoms with Gasteiger partial charge in [-0.25, -0.2) is 4.39 Å². The number of halogens is 1. The van der Waals surface area contributed by atoms with E-state index in [4.69, 9.17) is 0 Å². The molecule has 0 N–H and O–H groups in total. The van der Waals surface area contributed by atoms with Crippen LogP contribution in [0.3, 0.4) is 0 Å². The highest BCUT2D eigenvalue weighted by atomic mass is 32.2. The zero-order valence-electron chi connectivity index (χ0n) is 15.6. The Morgan fingerprint density at radius 2 is 1.93 bits per heavy atom. The van der Waals surface area contributed by atoms with E-state index in [0.717, 1.165) is 34.7 Å². The van der Waals surface area contributed by atoms with Crippen molar-refractivity contribution in [3.63, 3.8) is 0 Å². The maximum atomic E-state index is 13.5. The lowest BCUT2D eigenvalue weighted by Gasteiger charge is -2.29. The average molecular weight is 399 g/mol. The van der Waals surface area contributed by atoms with Crippen LogP contribution in [0, 0.1) is 5.82 Å². The molecule has 2 aliphatic rings. The molecule has 0 saturated heterocycles. The van der Waals surface area contributed by atoms with Crippen molar-refractivity contribution in [2.24, 2.45) is 0 Å². The number of carbonyl (C=O) groups excluding carboxylic acids is 2. The number of fused-ring (bicyclic) bond motifs is 1. The molecule has 0 unspecified atom stereocenters. The molecule has 6 heteroatoms. The van der Waals surface area contributed by atoms with E-state index in [1.54, 1.807) is 22.7 Å². The summed E-state index contributed by atoms with van der Waals surface area (Å²) >= 11 is 1.75. The van der Waals surface area contributed by atoms with Crippen LogP contribution in [0.25, 0.3) is 0 Å². The zero-order valence-corrected chi connectivity index (χ0v) is 16.5. The van der Waals surface area contributed by atoms with Crippen LogP contribution >= 0.6 is 11.8 Å². The van der Waals surface area contributed by atoms with Crippen molar-refractivity contribution in [3.8, 4) is 0 Å².